The van der Waals surface area contributed by atoms with Gasteiger partial charge in [-0.25, -0.2) is 4.39 Å². The minimum atomic E-state index is -0.707. The highest BCUT2D eigenvalue weighted by molar-refractivity contribution is 6.30. The molecule has 1 unspecified atom stereocenters. The fraction of sp³-hybridized carbons (Fsp3) is 0.500. The van der Waals surface area contributed by atoms with Crippen LogP contribution in [0.25, 0.3) is 0 Å². The second-order valence-electron chi connectivity index (χ2n) is 5.73. The Morgan fingerprint density at radius 1 is 1.50 bits per heavy atom. The highest BCUT2D eigenvalue weighted by Gasteiger charge is 2.35. The molecule has 0 spiro atoms. The molecule has 0 saturated heterocycles. The molecule has 0 radical (unpaired) electrons. The van der Waals surface area contributed by atoms with Crippen LogP contribution < -0.4 is 10.6 Å². The minimum Gasteiger partial charge on any atom is -0.337 e. The largest absolute Gasteiger partial charge is 0.337 e. The number of hydrogen-bond acceptors (Lipinski definition) is 3. The number of rotatable bonds is 5. The van der Waals surface area contributed by atoms with E-state index in [1.54, 1.807) is 12.1 Å². The van der Waals surface area contributed by atoms with Crippen LogP contribution in [0.1, 0.15) is 44.2 Å². The summed E-state index contributed by atoms with van der Waals surface area (Å²) in [6.45, 7) is 1.96. The van der Waals surface area contributed by atoms with Gasteiger partial charge < -0.3 is 10.6 Å². The van der Waals surface area contributed by atoms with Crippen LogP contribution in [-0.4, -0.2) is 18.0 Å². The van der Waals surface area contributed by atoms with Gasteiger partial charge in [-0.15, -0.1) is 0 Å². The molecule has 0 aromatic heterocycles. The standard InChI is InChI=1S/C16H19ClFN3O/c1-11(12-4-5-14(18)13(17)8-12)20-9-15(22)21-16(10-19)6-2-3-7-16/h4-5,8,11,20H,2-3,6-7,9H2,1H3,(H,21,22). The Morgan fingerprint density at radius 3 is 2.77 bits per heavy atom. The number of carbonyl (C=O) groups excluding carboxylic acids is 1. The van der Waals surface area contributed by atoms with E-state index in [2.05, 4.69) is 16.7 Å². The van der Waals surface area contributed by atoms with Gasteiger partial charge in [0.1, 0.15) is 11.4 Å². The smallest absolute Gasteiger partial charge is 0.235 e. The first-order chi connectivity index (χ1) is 10.5. The van der Waals surface area contributed by atoms with Crippen LogP contribution in [-0.2, 0) is 4.79 Å². The molecule has 1 saturated carbocycles. The van der Waals surface area contributed by atoms with Crippen LogP contribution in [0.4, 0.5) is 4.39 Å². The van der Waals surface area contributed by atoms with E-state index in [0.717, 1.165) is 18.4 Å². The average Bonchev–Trinajstić information content (AvgIpc) is 2.96. The molecule has 0 bridgehead atoms. The highest BCUT2D eigenvalue weighted by atomic mass is 35.5. The molecule has 2 N–H and O–H groups in total. The molecular formula is C16H19ClFN3O. The third-order valence-corrected chi connectivity index (χ3v) is 4.35. The van der Waals surface area contributed by atoms with Gasteiger partial charge in [-0.3, -0.25) is 4.79 Å². The molecule has 1 atom stereocenters. The van der Waals surface area contributed by atoms with E-state index in [-0.39, 0.29) is 23.5 Å². The summed E-state index contributed by atoms with van der Waals surface area (Å²) in [6.07, 6.45) is 3.34. The number of nitrogens with one attached hydrogen (secondary N) is 2. The number of nitrogens with zero attached hydrogens (tertiary/aromatic N) is 1. The molecule has 0 heterocycles. The summed E-state index contributed by atoms with van der Waals surface area (Å²) in [5, 5.41) is 15.2. The second kappa shape index (κ2) is 7.08. The van der Waals surface area contributed by atoms with Gasteiger partial charge in [0.25, 0.3) is 0 Å². The zero-order valence-electron chi connectivity index (χ0n) is 12.5. The first kappa shape index (κ1) is 16.7. The zero-order chi connectivity index (χ0) is 16.2. The molecule has 1 aliphatic carbocycles. The summed E-state index contributed by atoms with van der Waals surface area (Å²) in [7, 11) is 0. The minimum absolute atomic E-state index is 0.0602. The average molecular weight is 324 g/mol. The Morgan fingerprint density at radius 2 is 2.18 bits per heavy atom. The Kier molecular flexibility index (Phi) is 5.38. The Bertz CT molecular complexity index is 594. The van der Waals surface area contributed by atoms with Gasteiger partial charge in [0.05, 0.1) is 17.6 Å². The van der Waals surface area contributed by atoms with Gasteiger partial charge in [0.15, 0.2) is 0 Å². The molecule has 0 aliphatic heterocycles. The van der Waals surface area contributed by atoms with E-state index in [1.165, 1.54) is 6.07 Å². The van der Waals surface area contributed by atoms with Crippen LogP contribution in [0.15, 0.2) is 18.2 Å². The molecule has 22 heavy (non-hydrogen) atoms. The monoisotopic (exact) mass is 323 g/mol. The highest BCUT2D eigenvalue weighted by Crippen LogP contribution is 2.28. The van der Waals surface area contributed by atoms with E-state index in [0.29, 0.717) is 12.8 Å². The Balaban J connectivity index is 1.88. The summed E-state index contributed by atoms with van der Waals surface area (Å²) >= 11 is 5.75. The fourth-order valence-electron chi connectivity index (χ4n) is 2.70. The van der Waals surface area contributed by atoms with E-state index in [4.69, 9.17) is 11.6 Å². The summed E-state index contributed by atoms with van der Waals surface area (Å²) in [5.74, 6) is -0.670. The summed E-state index contributed by atoms with van der Waals surface area (Å²) in [6, 6.07) is 6.55. The Labute approximate surface area is 134 Å². The van der Waals surface area contributed by atoms with E-state index < -0.39 is 11.4 Å². The van der Waals surface area contributed by atoms with Gasteiger partial charge in [-0.05, 0) is 50.3 Å². The van der Waals surface area contributed by atoms with Crippen LogP contribution in [0, 0.1) is 17.1 Å². The van der Waals surface area contributed by atoms with Crippen molar-refractivity contribution in [3.8, 4) is 6.07 Å². The van der Waals surface area contributed by atoms with Gasteiger partial charge in [0, 0.05) is 6.04 Å². The molecule has 6 heteroatoms. The van der Waals surface area contributed by atoms with Crippen molar-refractivity contribution in [2.75, 3.05) is 6.54 Å². The van der Waals surface area contributed by atoms with Crippen molar-refractivity contribution in [1.82, 2.24) is 10.6 Å². The molecule has 1 aromatic carbocycles. The van der Waals surface area contributed by atoms with Crippen molar-refractivity contribution in [2.24, 2.45) is 0 Å². The maximum Gasteiger partial charge on any atom is 0.235 e. The SMILES string of the molecule is CC(NCC(=O)NC1(C#N)CCCC1)c1ccc(F)c(Cl)c1. The molecular weight excluding hydrogens is 305 g/mol. The zero-order valence-corrected chi connectivity index (χ0v) is 13.2. The molecule has 2 rings (SSSR count). The maximum absolute atomic E-state index is 13.1. The maximum atomic E-state index is 13.1. The van der Waals surface area contributed by atoms with Gasteiger partial charge >= 0.3 is 0 Å². The lowest BCUT2D eigenvalue weighted by molar-refractivity contribution is -0.121. The fourth-order valence-corrected chi connectivity index (χ4v) is 2.89. The molecule has 1 aliphatic rings. The van der Waals surface area contributed by atoms with E-state index in [1.807, 2.05) is 6.92 Å². The van der Waals surface area contributed by atoms with Gasteiger partial charge in [-0.2, -0.15) is 5.26 Å². The lowest BCUT2D eigenvalue weighted by atomic mass is 10.00. The van der Waals surface area contributed by atoms with Crippen LogP contribution in [0.5, 0.6) is 0 Å². The molecule has 1 fully saturated rings. The predicted molar refractivity (Wildman–Crippen MR) is 82.8 cm³/mol. The molecule has 4 nitrogen and oxygen atoms in total. The number of halogens is 2. The topological polar surface area (TPSA) is 64.9 Å². The first-order valence-electron chi connectivity index (χ1n) is 7.36. The van der Waals surface area contributed by atoms with Crippen molar-refractivity contribution in [3.05, 3.63) is 34.6 Å². The molecule has 1 aromatic rings. The number of amides is 1. The molecule has 118 valence electrons. The third kappa shape index (κ3) is 3.96. The van der Waals surface area contributed by atoms with E-state index in [9.17, 15) is 14.4 Å². The van der Waals surface area contributed by atoms with Crippen LogP contribution >= 0.6 is 11.6 Å². The van der Waals surface area contributed by atoms with E-state index >= 15 is 0 Å². The number of benzene rings is 1. The Hall–Kier alpha value is -1.64. The number of hydrogen-bond donors (Lipinski definition) is 2. The summed E-state index contributed by atoms with van der Waals surface area (Å²) in [5.41, 5.74) is 0.0938. The van der Waals surface area contributed by atoms with Gasteiger partial charge in [-0.1, -0.05) is 17.7 Å². The van der Waals surface area contributed by atoms with Crippen molar-refractivity contribution in [1.29, 1.82) is 5.26 Å². The van der Waals surface area contributed by atoms with Gasteiger partial charge in [0.2, 0.25) is 5.91 Å². The molecule has 1 amide bonds. The normalized spacial score (nSPS) is 17.7. The summed E-state index contributed by atoms with van der Waals surface area (Å²) in [4.78, 5) is 12.0. The predicted octanol–water partition coefficient (Wildman–Crippen LogP) is 3.08. The lowest BCUT2D eigenvalue weighted by Crippen LogP contribution is -2.48. The van der Waals surface area contributed by atoms with Crippen LogP contribution in [0.3, 0.4) is 0 Å². The van der Waals surface area contributed by atoms with Crippen molar-refractivity contribution in [2.45, 2.75) is 44.2 Å². The third-order valence-electron chi connectivity index (χ3n) is 4.06. The first-order valence-corrected chi connectivity index (χ1v) is 7.74. The number of carbonyl (C=O) groups is 1. The second-order valence-corrected chi connectivity index (χ2v) is 6.13. The number of nitriles is 1. The quantitative estimate of drug-likeness (QED) is 0.875. The lowest BCUT2D eigenvalue weighted by Gasteiger charge is -2.23. The van der Waals surface area contributed by atoms with Crippen molar-refractivity contribution in [3.63, 3.8) is 0 Å². The van der Waals surface area contributed by atoms with Crippen molar-refractivity contribution < 1.29 is 9.18 Å². The van der Waals surface area contributed by atoms with Crippen LogP contribution in [0.2, 0.25) is 5.02 Å². The summed E-state index contributed by atoms with van der Waals surface area (Å²) < 4.78 is 13.1. The van der Waals surface area contributed by atoms with Crippen molar-refractivity contribution >= 4 is 17.5 Å².